The second-order valence-corrected chi connectivity index (χ2v) is 27.8. The van der Waals surface area contributed by atoms with Crippen LogP contribution in [0.5, 0.6) is 0 Å². The molecule has 6 rings (SSSR count). The van der Waals surface area contributed by atoms with Gasteiger partial charge >= 0.3 is 0 Å². The van der Waals surface area contributed by atoms with E-state index in [-0.39, 0.29) is 87.2 Å². The Labute approximate surface area is 603 Å². The van der Waals surface area contributed by atoms with Gasteiger partial charge in [0.05, 0.1) is 28.3 Å². The van der Waals surface area contributed by atoms with Crippen molar-refractivity contribution in [3.63, 3.8) is 0 Å². The molecule has 0 aliphatic carbocycles. The normalized spacial score (nSPS) is 21.3. The van der Waals surface area contributed by atoms with E-state index in [1.165, 1.54) is 57.3 Å². The second kappa shape index (κ2) is 37.5. The zero-order valence-electron chi connectivity index (χ0n) is 59.8. The highest BCUT2D eigenvalue weighted by atomic mass is 32.2. The number of carbonyl (C=O) groups is 10. The van der Waals surface area contributed by atoms with Gasteiger partial charge in [0.25, 0.3) is 5.91 Å². The summed E-state index contributed by atoms with van der Waals surface area (Å²) in [4.78, 5) is 155. The number of fused-ring (bicyclic) bond motifs is 1. The van der Waals surface area contributed by atoms with Crippen molar-refractivity contribution in [2.45, 2.75) is 164 Å². The number of aromatic nitrogens is 4. The maximum absolute atomic E-state index is 15.0. The Bertz CT molecular complexity index is 4060. The van der Waals surface area contributed by atoms with Gasteiger partial charge in [0.1, 0.15) is 59.7 Å². The Hall–Kier alpha value is -9.92. The number of aliphatic hydroxyl groups excluding tert-OH is 2. The summed E-state index contributed by atoms with van der Waals surface area (Å²) in [5.41, 5.74) is 31.3. The summed E-state index contributed by atoms with van der Waals surface area (Å²) >= 11 is 0. The van der Waals surface area contributed by atoms with Gasteiger partial charge in [-0.05, 0) is 164 Å². The molecule has 1 fully saturated rings. The number of nitrogens with zero attached hydrogens (tertiary/aromatic N) is 6. The van der Waals surface area contributed by atoms with Gasteiger partial charge in [-0.3, -0.25) is 52.6 Å². The van der Waals surface area contributed by atoms with E-state index >= 15 is 4.79 Å². The van der Waals surface area contributed by atoms with Crippen LogP contribution in [0.4, 0.5) is 23.1 Å². The molecule has 0 spiro atoms. The third-order valence-corrected chi connectivity index (χ3v) is 18.5. The first-order chi connectivity index (χ1) is 49.0. The molecular formula is C68H99N21O14S. The van der Waals surface area contributed by atoms with Crippen molar-refractivity contribution < 1.29 is 66.6 Å². The topological polar surface area (TPSA) is 560 Å². The molecule has 3 aromatic carbocycles. The van der Waals surface area contributed by atoms with Gasteiger partial charge in [-0.1, -0.05) is 44.2 Å². The van der Waals surface area contributed by atoms with Crippen molar-refractivity contribution in [3.8, 4) is 0 Å². The lowest BCUT2D eigenvalue weighted by Gasteiger charge is -2.34. The molecule has 2 aromatic heterocycles. The van der Waals surface area contributed by atoms with E-state index in [2.05, 4.69) is 57.9 Å². The molecule has 2 unspecified atom stereocenters. The van der Waals surface area contributed by atoms with Crippen molar-refractivity contribution in [2.75, 3.05) is 49.6 Å². The molecule has 566 valence electrons. The number of carbonyl (C=O) groups excluding carboxylic acids is 10. The minimum absolute atomic E-state index is 0.0479. The van der Waals surface area contributed by atoms with Crippen LogP contribution in [0.25, 0.3) is 17.0 Å². The van der Waals surface area contributed by atoms with Crippen LogP contribution in [0.15, 0.2) is 83.9 Å². The molecule has 1 saturated heterocycles. The number of benzene rings is 3. The average molecular weight is 1470 g/mol. The highest BCUT2D eigenvalue weighted by Gasteiger charge is 2.41. The predicted molar refractivity (Wildman–Crippen MR) is 388 cm³/mol. The molecule has 11 atom stereocenters. The van der Waals surface area contributed by atoms with Crippen molar-refractivity contribution in [3.05, 3.63) is 101 Å². The molecule has 0 bridgehead atoms. The van der Waals surface area contributed by atoms with Crippen molar-refractivity contribution in [2.24, 2.45) is 46.8 Å². The Kier molecular flexibility index (Phi) is 29.9. The largest absolute Gasteiger partial charge is 0.391 e. The van der Waals surface area contributed by atoms with Crippen LogP contribution in [0, 0.1) is 19.8 Å². The number of nitrogens with two attached hydrogens (primary N) is 6. The number of rotatable bonds is 25. The summed E-state index contributed by atoms with van der Waals surface area (Å²) in [7, 11) is -0.701. The van der Waals surface area contributed by atoms with Gasteiger partial charge in [0.2, 0.25) is 69.1 Å². The molecule has 1 aliphatic rings. The van der Waals surface area contributed by atoms with E-state index in [1.54, 1.807) is 67.7 Å². The Morgan fingerprint density at radius 2 is 1.38 bits per heavy atom. The first kappa shape index (κ1) is 83.0. The van der Waals surface area contributed by atoms with E-state index in [1.807, 2.05) is 32.2 Å². The van der Waals surface area contributed by atoms with Crippen molar-refractivity contribution in [1.82, 2.24) is 67.6 Å². The molecule has 104 heavy (non-hydrogen) atoms. The number of aliphatic hydroxyl groups is 2. The van der Waals surface area contributed by atoms with Crippen LogP contribution in [0.1, 0.15) is 95.5 Å². The van der Waals surface area contributed by atoms with E-state index in [9.17, 15) is 61.8 Å². The van der Waals surface area contributed by atoms with Crippen LogP contribution >= 0.6 is 0 Å². The van der Waals surface area contributed by atoms with Crippen LogP contribution in [-0.4, -0.2) is 203 Å². The number of nitrogens with one attached hydrogen (secondary N) is 9. The first-order valence-electron chi connectivity index (χ1n) is 33.9. The number of sulfonamides is 1. The van der Waals surface area contributed by atoms with E-state index in [4.69, 9.17) is 38.8 Å². The Morgan fingerprint density at radius 1 is 0.760 bits per heavy atom. The second-order valence-electron chi connectivity index (χ2n) is 26.3. The summed E-state index contributed by atoms with van der Waals surface area (Å²) in [6.45, 7) is 9.54. The van der Waals surface area contributed by atoms with Gasteiger partial charge in [-0.15, -0.1) is 0 Å². The Morgan fingerprint density at radius 3 is 2.00 bits per heavy atom. The lowest BCUT2D eigenvalue weighted by molar-refractivity contribution is -0.138. The number of amides is 10. The van der Waals surface area contributed by atoms with Crippen molar-refractivity contribution >= 4 is 109 Å². The van der Waals surface area contributed by atoms with Gasteiger partial charge in [0, 0.05) is 56.1 Å². The van der Waals surface area contributed by atoms with Crippen LogP contribution in [-0.2, 0) is 71.4 Å². The fourth-order valence-electron chi connectivity index (χ4n) is 11.3. The number of hydrogen-bond donors (Lipinski definition) is 17. The zero-order valence-corrected chi connectivity index (χ0v) is 60.6. The zero-order chi connectivity index (χ0) is 77.1. The number of aryl methyl sites for hydroxylation is 3. The van der Waals surface area contributed by atoms with Crippen LogP contribution in [0.3, 0.4) is 0 Å². The quantitative estimate of drug-likeness (QED) is 0.0254. The molecule has 1 aliphatic heterocycles. The monoisotopic (exact) mass is 1470 g/mol. The van der Waals surface area contributed by atoms with Crippen LogP contribution < -0.4 is 91.5 Å². The number of hydrogen-bond acceptors (Lipinski definition) is 23. The first-order valence-corrected chi connectivity index (χ1v) is 35.5. The van der Waals surface area contributed by atoms with Crippen LogP contribution in [0.2, 0.25) is 0 Å². The maximum atomic E-state index is 15.0. The average Bonchev–Trinajstić information content (AvgIpc) is 1.64. The summed E-state index contributed by atoms with van der Waals surface area (Å²) < 4.78 is 27.5. The number of primary sulfonamides is 1. The molecule has 36 heteroatoms. The summed E-state index contributed by atoms with van der Waals surface area (Å²) in [6.07, 6.45) is -0.612. The fraction of sp³-hybridized carbons (Fsp3) is 0.485. The van der Waals surface area contributed by atoms with Gasteiger partial charge in [0.15, 0.2) is 0 Å². The highest BCUT2D eigenvalue weighted by Crippen LogP contribution is 2.32. The minimum atomic E-state index is -4.31. The maximum Gasteiger partial charge on any atom is 0.257 e. The van der Waals surface area contributed by atoms with Crippen molar-refractivity contribution in [1.29, 1.82) is 0 Å². The minimum Gasteiger partial charge on any atom is -0.391 e. The summed E-state index contributed by atoms with van der Waals surface area (Å²) in [5.74, 6) is -9.53. The molecule has 10 amide bonds. The lowest BCUT2D eigenvalue weighted by Crippen LogP contribution is -2.65. The molecule has 5 aromatic rings. The van der Waals surface area contributed by atoms with E-state index in [0.717, 1.165) is 21.5 Å². The standard InChI is InChI=1S/C68H99N21O14S/c1-36(2)32-51-63(98)85-68(7,25-29-72)66(101)82-48(22-28-71)61(96)84-57(40(6)91)65(100)75-30-23-49(78-58(93)47(21-27-70)79-64(99)56(73)39(5)90)60(95)77-46(20-26-69)59(94)81-52(62(97)80-51)33-42-13-11-41(12-14-42)15-19-55(92)89(44-16-10-37(3)53(35-44)104(74,102)103)67-76-31-24-54(83-67)87(8)43-17-18-45-38(4)88(9)86-50(45)34-43/h10-19,24,31,34-36,39-40,46-49,51-52,56-57,90-91H,20-23,25-30,32-33,69-73H2,1-9H3,(H,75,100)(H,77,95)(H,78,93)(H,79,99)(H,80,97)(H,81,94)(H,82,101)(H,84,96)(H,85,98)(H2,74,102,103)/b19-15+/t39-,40-,46?,47-,48-,49?,51-,52-,56+,57-,68+/m1/s1. The third-order valence-electron chi connectivity index (χ3n) is 17.5. The molecule has 23 N–H and O–H groups in total. The molecule has 0 saturated carbocycles. The highest BCUT2D eigenvalue weighted by molar-refractivity contribution is 7.89. The van der Waals surface area contributed by atoms with E-state index < -0.39 is 148 Å². The molecular weight excluding hydrogens is 1370 g/mol. The lowest BCUT2D eigenvalue weighted by atomic mass is 9.93. The molecule has 35 nitrogen and oxygen atoms in total. The predicted octanol–water partition coefficient (Wildman–Crippen LogP) is -3.37. The summed E-state index contributed by atoms with van der Waals surface area (Å²) in [6, 6.07) is 5.48. The van der Waals surface area contributed by atoms with Gasteiger partial charge in [-0.2, -0.15) is 10.1 Å². The fourth-order valence-corrected chi connectivity index (χ4v) is 12.1. The molecule has 0 radical (unpaired) electrons. The summed E-state index contributed by atoms with van der Waals surface area (Å²) in [5, 5.41) is 55.2. The third kappa shape index (κ3) is 22.3. The number of anilines is 4. The Balaban J connectivity index is 1.40. The smallest absolute Gasteiger partial charge is 0.257 e. The molecule has 3 heterocycles. The van der Waals surface area contributed by atoms with Gasteiger partial charge < -0.3 is 91.6 Å². The SMILES string of the molecule is Cc1ccc(N(C(=O)/C=C/c2ccc(C[C@H]3NC(=O)C(CCN)NC(=O)C(NC(=O)[C@@H](CCN)NC(=O)[C@@H](N)[C@@H](C)O)CCNC(=O)[C@@H]([C@@H](C)O)NC(=O)[C@@H](CCN)NC(=O)[C@](C)(CCN)NC(=O)[C@@H](CC(C)C)NC3=O)cc2)c2nccc(N(C)c3ccc4c(C)n(C)nc4c3)n2)cc1S(N)(=O)=O. The van der Waals surface area contributed by atoms with Gasteiger partial charge in [-0.25, -0.2) is 23.4 Å². The van der Waals surface area contributed by atoms with E-state index in [0.29, 0.717) is 28.2 Å².